The van der Waals surface area contributed by atoms with Crippen LogP contribution in [0.5, 0.6) is 0 Å². The fourth-order valence-electron chi connectivity index (χ4n) is 1.78. The average Bonchev–Trinajstić information content (AvgIpc) is 2.87. The van der Waals surface area contributed by atoms with Gasteiger partial charge in [-0.05, 0) is 36.8 Å². The summed E-state index contributed by atoms with van der Waals surface area (Å²) in [4.78, 5) is 12.2. The number of thiophene rings is 1. The van der Waals surface area contributed by atoms with Crippen molar-refractivity contribution in [1.29, 1.82) is 0 Å². The highest BCUT2D eigenvalue weighted by molar-refractivity contribution is 7.91. The Morgan fingerprint density at radius 1 is 1.36 bits per heavy atom. The number of terminal acetylenes is 1. The van der Waals surface area contributed by atoms with E-state index in [1.165, 1.54) is 29.6 Å². The Balaban J connectivity index is 2.42. The maximum absolute atomic E-state index is 12.6. The summed E-state index contributed by atoms with van der Waals surface area (Å²) in [5.74, 6) is 1.56. The van der Waals surface area contributed by atoms with Gasteiger partial charge in [0.05, 0.1) is 9.79 Å². The third-order valence-electron chi connectivity index (χ3n) is 2.88. The molecule has 1 aromatic carbocycles. The molecule has 1 aromatic heterocycles. The van der Waals surface area contributed by atoms with Crippen molar-refractivity contribution in [2.75, 3.05) is 6.61 Å². The molecule has 0 aliphatic carbocycles. The summed E-state index contributed by atoms with van der Waals surface area (Å²) in [5.41, 5.74) is 0.349. The lowest BCUT2D eigenvalue weighted by Gasteiger charge is -2.05. The number of hydrogen-bond acceptors (Lipinski definition) is 5. The van der Waals surface area contributed by atoms with E-state index in [1.807, 2.05) is 0 Å². The fraction of sp³-hybridized carbons (Fsp3) is 0.133. The summed E-state index contributed by atoms with van der Waals surface area (Å²) in [7, 11) is -3.72. The zero-order chi connectivity index (χ0) is 16.3. The average molecular weight is 355 g/mol. The second-order valence-corrected chi connectivity index (χ2v) is 7.53. The molecule has 2 rings (SSSR count). The number of benzene rings is 1. The normalized spacial score (nSPS) is 11.0. The molecule has 0 aliphatic heterocycles. The van der Waals surface area contributed by atoms with Gasteiger partial charge in [0.2, 0.25) is 9.84 Å². The largest absolute Gasteiger partial charge is 0.448 e. The molecule has 0 amide bonds. The van der Waals surface area contributed by atoms with Gasteiger partial charge in [0.25, 0.3) is 0 Å². The van der Waals surface area contributed by atoms with Gasteiger partial charge >= 0.3 is 5.97 Å². The summed E-state index contributed by atoms with van der Waals surface area (Å²) >= 11 is 6.77. The first kappa shape index (κ1) is 16.6. The lowest BCUT2D eigenvalue weighted by molar-refractivity contribution is 0.0561. The predicted octanol–water partition coefficient (Wildman–Crippen LogP) is 3.33. The quantitative estimate of drug-likeness (QED) is 0.624. The minimum atomic E-state index is -3.72. The van der Waals surface area contributed by atoms with Crippen LogP contribution < -0.4 is 0 Å². The Hall–Kier alpha value is -1.81. The van der Waals surface area contributed by atoms with Gasteiger partial charge in [0.1, 0.15) is 4.88 Å². The molecule has 0 fully saturated rings. The van der Waals surface area contributed by atoms with Crippen molar-refractivity contribution in [3.8, 4) is 12.3 Å². The van der Waals surface area contributed by atoms with E-state index < -0.39 is 15.8 Å². The van der Waals surface area contributed by atoms with Crippen molar-refractivity contribution in [1.82, 2.24) is 0 Å². The number of sulfone groups is 1. The SMILES string of the molecule is C#CCOC(=O)c1scc(S(=O)(=O)c2ccc(Cl)cc2)c1C. The summed E-state index contributed by atoms with van der Waals surface area (Å²) in [6.45, 7) is 1.40. The molecule has 0 spiro atoms. The summed E-state index contributed by atoms with van der Waals surface area (Å²) in [6, 6.07) is 5.84. The molecule has 0 unspecified atom stereocenters. The number of carbonyl (C=O) groups excluding carboxylic acids is 1. The molecule has 114 valence electrons. The van der Waals surface area contributed by atoms with E-state index in [2.05, 4.69) is 5.92 Å². The van der Waals surface area contributed by atoms with Gasteiger partial charge in [-0.1, -0.05) is 17.5 Å². The van der Waals surface area contributed by atoms with Crippen molar-refractivity contribution in [3.63, 3.8) is 0 Å². The van der Waals surface area contributed by atoms with Crippen LogP contribution in [0.2, 0.25) is 5.02 Å². The molecule has 0 N–H and O–H groups in total. The minimum absolute atomic E-state index is 0.0764. The second-order valence-electron chi connectivity index (χ2n) is 4.29. The van der Waals surface area contributed by atoms with E-state index in [9.17, 15) is 13.2 Å². The first-order valence-corrected chi connectivity index (χ1v) is 8.81. The molecule has 0 radical (unpaired) electrons. The van der Waals surface area contributed by atoms with E-state index in [1.54, 1.807) is 6.92 Å². The molecular formula is C15H11ClO4S2. The Morgan fingerprint density at radius 3 is 2.59 bits per heavy atom. The van der Waals surface area contributed by atoms with Crippen molar-refractivity contribution >= 4 is 38.7 Å². The van der Waals surface area contributed by atoms with Crippen molar-refractivity contribution in [2.45, 2.75) is 16.7 Å². The van der Waals surface area contributed by atoms with Crippen LogP contribution in [0.25, 0.3) is 0 Å². The molecule has 7 heteroatoms. The zero-order valence-corrected chi connectivity index (χ0v) is 13.9. The van der Waals surface area contributed by atoms with Gasteiger partial charge in [-0.15, -0.1) is 17.8 Å². The summed E-state index contributed by atoms with van der Waals surface area (Å²) in [6.07, 6.45) is 5.03. The first-order valence-electron chi connectivity index (χ1n) is 6.07. The highest BCUT2D eigenvalue weighted by atomic mass is 35.5. The maximum atomic E-state index is 12.6. The van der Waals surface area contributed by atoms with E-state index in [0.29, 0.717) is 10.6 Å². The Bertz CT molecular complexity index is 843. The monoisotopic (exact) mass is 354 g/mol. The Morgan fingerprint density at radius 2 is 2.00 bits per heavy atom. The van der Waals surface area contributed by atoms with E-state index in [-0.39, 0.29) is 21.3 Å². The summed E-state index contributed by atoms with van der Waals surface area (Å²) in [5, 5.41) is 1.87. The van der Waals surface area contributed by atoms with Crippen LogP contribution in [0.15, 0.2) is 39.4 Å². The van der Waals surface area contributed by atoms with Crippen LogP contribution >= 0.6 is 22.9 Å². The molecule has 0 aliphatic rings. The standard InChI is InChI=1S/C15H11ClO4S2/c1-3-8-20-15(17)14-10(2)13(9-21-14)22(18,19)12-6-4-11(16)5-7-12/h1,4-7,9H,8H2,2H3. The van der Waals surface area contributed by atoms with E-state index in [0.717, 1.165) is 11.3 Å². The van der Waals surface area contributed by atoms with Gasteiger partial charge in [0, 0.05) is 10.4 Å². The highest BCUT2D eigenvalue weighted by Gasteiger charge is 2.25. The molecule has 0 atom stereocenters. The second kappa shape index (κ2) is 6.53. The highest BCUT2D eigenvalue weighted by Crippen LogP contribution is 2.31. The van der Waals surface area contributed by atoms with Crippen LogP contribution in [0.4, 0.5) is 0 Å². The van der Waals surface area contributed by atoms with Gasteiger partial charge in [-0.25, -0.2) is 13.2 Å². The molecular weight excluding hydrogens is 344 g/mol. The van der Waals surface area contributed by atoms with Gasteiger partial charge in [-0.2, -0.15) is 0 Å². The smallest absolute Gasteiger partial charge is 0.349 e. The Labute approximate surface area is 137 Å². The van der Waals surface area contributed by atoms with Crippen LogP contribution in [0, 0.1) is 19.3 Å². The van der Waals surface area contributed by atoms with Crippen LogP contribution in [-0.2, 0) is 14.6 Å². The van der Waals surface area contributed by atoms with Crippen LogP contribution in [0.1, 0.15) is 15.2 Å². The van der Waals surface area contributed by atoms with Crippen LogP contribution in [-0.4, -0.2) is 21.0 Å². The maximum Gasteiger partial charge on any atom is 0.349 e. The lowest BCUT2D eigenvalue weighted by atomic mass is 10.3. The number of hydrogen-bond donors (Lipinski definition) is 0. The molecule has 0 bridgehead atoms. The summed E-state index contributed by atoms with van der Waals surface area (Å²) < 4.78 is 30.0. The molecule has 0 saturated carbocycles. The number of esters is 1. The molecule has 4 nitrogen and oxygen atoms in total. The number of rotatable bonds is 4. The molecule has 22 heavy (non-hydrogen) atoms. The number of carbonyl (C=O) groups is 1. The number of ether oxygens (including phenoxy) is 1. The first-order chi connectivity index (χ1) is 10.4. The Kier molecular flexibility index (Phi) is 4.91. The van der Waals surface area contributed by atoms with Crippen molar-refractivity contribution in [2.24, 2.45) is 0 Å². The van der Waals surface area contributed by atoms with Crippen LogP contribution in [0.3, 0.4) is 0 Å². The third kappa shape index (κ3) is 3.17. The molecule has 1 heterocycles. The topological polar surface area (TPSA) is 60.4 Å². The molecule has 2 aromatic rings. The fourth-order valence-corrected chi connectivity index (χ4v) is 4.72. The van der Waals surface area contributed by atoms with E-state index in [4.69, 9.17) is 22.8 Å². The lowest BCUT2D eigenvalue weighted by Crippen LogP contribution is -2.07. The third-order valence-corrected chi connectivity index (χ3v) is 6.24. The van der Waals surface area contributed by atoms with E-state index >= 15 is 0 Å². The predicted molar refractivity (Wildman–Crippen MR) is 85.1 cm³/mol. The van der Waals surface area contributed by atoms with Crippen molar-refractivity contribution in [3.05, 3.63) is 45.1 Å². The van der Waals surface area contributed by atoms with Gasteiger partial charge in [0.15, 0.2) is 6.61 Å². The molecule has 0 saturated heterocycles. The zero-order valence-electron chi connectivity index (χ0n) is 11.5. The minimum Gasteiger partial charge on any atom is -0.448 e. The van der Waals surface area contributed by atoms with Gasteiger partial charge < -0.3 is 4.74 Å². The van der Waals surface area contributed by atoms with Crippen molar-refractivity contribution < 1.29 is 17.9 Å². The van der Waals surface area contributed by atoms with Gasteiger partial charge in [-0.3, -0.25) is 0 Å². The number of halogens is 1.